The number of nitrogens with zero attached hydrogens (tertiary/aromatic N) is 2. The Labute approximate surface area is 177 Å². The summed E-state index contributed by atoms with van der Waals surface area (Å²) in [5, 5.41) is 3.48. The first-order valence-electron chi connectivity index (χ1n) is 9.70. The van der Waals surface area contributed by atoms with E-state index in [9.17, 15) is 4.79 Å². The van der Waals surface area contributed by atoms with Crippen molar-refractivity contribution < 1.29 is 14.3 Å². The zero-order valence-corrected chi connectivity index (χ0v) is 18.0. The van der Waals surface area contributed by atoms with Crippen LogP contribution < -0.4 is 14.8 Å². The molecule has 1 aliphatic heterocycles. The third-order valence-corrected chi connectivity index (χ3v) is 5.40. The number of aryl methyl sites for hydroxylation is 1. The lowest BCUT2D eigenvalue weighted by Gasteiger charge is -2.34. The number of hydrogen-bond acceptors (Lipinski definition) is 5. The zero-order chi connectivity index (χ0) is 20.8. The molecule has 6 nitrogen and oxygen atoms in total. The lowest BCUT2D eigenvalue weighted by atomic mass is 10.1. The van der Waals surface area contributed by atoms with Gasteiger partial charge in [0.15, 0.2) is 11.5 Å². The molecule has 3 rings (SSSR count). The number of methoxy groups -OCH3 is 2. The van der Waals surface area contributed by atoms with Gasteiger partial charge in [0.2, 0.25) is 5.91 Å². The van der Waals surface area contributed by atoms with E-state index in [1.54, 1.807) is 14.2 Å². The van der Waals surface area contributed by atoms with Crippen LogP contribution in [-0.4, -0.2) is 62.7 Å². The third kappa shape index (κ3) is 5.85. The van der Waals surface area contributed by atoms with E-state index in [0.29, 0.717) is 17.3 Å². The van der Waals surface area contributed by atoms with Crippen LogP contribution in [0.2, 0.25) is 5.02 Å². The van der Waals surface area contributed by atoms with Crippen molar-refractivity contribution in [3.05, 3.63) is 52.5 Å². The summed E-state index contributed by atoms with van der Waals surface area (Å²) < 4.78 is 10.7. The summed E-state index contributed by atoms with van der Waals surface area (Å²) in [7, 11) is 3.29. The molecule has 156 valence electrons. The lowest BCUT2D eigenvalue weighted by Crippen LogP contribution is -2.48. The molecule has 1 N–H and O–H groups in total. The van der Waals surface area contributed by atoms with Gasteiger partial charge in [-0.1, -0.05) is 23.7 Å². The molecular weight excluding hydrogens is 390 g/mol. The van der Waals surface area contributed by atoms with Crippen molar-refractivity contribution in [3.63, 3.8) is 0 Å². The van der Waals surface area contributed by atoms with Gasteiger partial charge >= 0.3 is 0 Å². The molecule has 0 spiro atoms. The summed E-state index contributed by atoms with van der Waals surface area (Å²) in [5.74, 6) is 1.44. The summed E-state index contributed by atoms with van der Waals surface area (Å²) in [6.07, 6.45) is 0. The highest BCUT2D eigenvalue weighted by Crippen LogP contribution is 2.28. The number of nitrogens with one attached hydrogen (secondary N) is 1. The summed E-state index contributed by atoms with van der Waals surface area (Å²) in [6.45, 7) is 6.71. The van der Waals surface area contributed by atoms with Crippen LogP contribution >= 0.6 is 11.6 Å². The molecule has 2 aromatic carbocycles. The van der Waals surface area contributed by atoms with Gasteiger partial charge in [-0.15, -0.1) is 0 Å². The summed E-state index contributed by atoms with van der Waals surface area (Å²) in [4.78, 5) is 16.9. The van der Waals surface area contributed by atoms with E-state index in [-0.39, 0.29) is 5.91 Å². The first-order valence-corrected chi connectivity index (χ1v) is 10.1. The molecular formula is C22H28ClN3O3. The van der Waals surface area contributed by atoms with Gasteiger partial charge in [-0.2, -0.15) is 0 Å². The van der Waals surface area contributed by atoms with Gasteiger partial charge in [0, 0.05) is 32.7 Å². The second-order valence-corrected chi connectivity index (χ2v) is 7.68. The molecule has 0 unspecified atom stereocenters. The van der Waals surface area contributed by atoms with Crippen molar-refractivity contribution in [2.24, 2.45) is 0 Å². The Bertz CT molecular complexity index is 851. The molecule has 7 heteroatoms. The highest BCUT2D eigenvalue weighted by Gasteiger charge is 2.20. The molecule has 2 aromatic rings. The minimum absolute atomic E-state index is 0.0379. The minimum atomic E-state index is -0.0379. The summed E-state index contributed by atoms with van der Waals surface area (Å²) in [5.41, 5.74) is 2.91. The Morgan fingerprint density at radius 1 is 1.00 bits per heavy atom. The van der Waals surface area contributed by atoms with Crippen molar-refractivity contribution in [1.29, 1.82) is 0 Å². The topological polar surface area (TPSA) is 54.0 Å². The highest BCUT2D eigenvalue weighted by atomic mass is 35.5. The normalized spacial score (nSPS) is 15.2. The predicted octanol–water partition coefficient (Wildman–Crippen LogP) is 3.42. The molecule has 1 aliphatic rings. The van der Waals surface area contributed by atoms with Crippen molar-refractivity contribution in [1.82, 2.24) is 9.80 Å². The number of carbonyl (C=O) groups is 1. The average Bonchev–Trinajstić information content (AvgIpc) is 2.71. The molecule has 0 saturated carbocycles. The van der Waals surface area contributed by atoms with Crippen LogP contribution in [0.4, 0.5) is 5.69 Å². The summed E-state index contributed by atoms with van der Waals surface area (Å²) >= 11 is 6.20. The third-order valence-electron chi connectivity index (χ3n) is 5.08. The number of benzene rings is 2. The van der Waals surface area contributed by atoms with Crippen molar-refractivity contribution in [3.8, 4) is 11.5 Å². The number of halogens is 1. The van der Waals surface area contributed by atoms with Crippen LogP contribution in [0, 0.1) is 6.92 Å². The predicted molar refractivity (Wildman–Crippen MR) is 116 cm³/mol. The first-order chi connectivity index (χ1) is 14.0. The van der Waals surface area contributed by atoms with E-state index in [1.165, 1.54) is 5.56 Å². The van der Waals surface area contributed by atoms with Crippen LogP contribution in [-0.2, 0) is 11.3 Å². The molecule has 1 fully saturated rings. The first kappa shape index (κ1) is 21.4. The molecule has 0 radical (unpaired) electrons. The Balaban J connectivity index is 1.47. The van der Waals surface area contributed by atoms with E-state index in [2.05, 4.69) is 21.2 Å². The van der Waals surface area contributed by atoms with Gasteiger partial charge in [-0.25, -0.2) is 0 Å². The SMILES string of the molecule is COc1ccc(CN2CCN(CC(=O)Nc3ccc(C)cc3Cl)CC2)cc1OC. The molecule has 0 aromatic heterocycles. The fourth-order valence-electron chi connectivity index (χ4n) is 3.46. The monoisotopic (exact) mass is 417 g/mol. The van der Waals surface area contributed by atoms with Crippen LogP contribution in [0.25, 0.3) is 0 Å². The number of piperazine rings is 1. The number of ether oxygens (including phenoxy) is 2. The van der Waals surface area contributed by atoms with Crippen LogP contribution in [0.1, 0.15) is 11.1 Å². The van der Waals surface area contributed by atoms with Gasteiger partial charge in [-0.05, 0) is 42.3 Å². The van der Waals surface area contributed by atoms with Crippen LogP contribution in [0.3, 0.4) is 0 Å². The van der Waals surface area contributed by atoms with E-state index >= 15 is 0 Å². The Kier molecular flexibility index (Phi) is 7.36. The molecule has 1 saturated heterocycles. The van der Waals surface area contributed by atoms with Crippen LogP contribution in [0.15, 0.2) is 36.4 Å². The van der Waals surface area contributed by atoms with E-state index < -0.39 is 0 Å². The largest absolute Gasteiger partial charge is 0.493 e. The van der Waals surface area contributed by atoms with Gasteiger partial charge in [-0.3, -0.25) is 14.6 Å². The number of amides is 1. The Morgan fingerprint density at radius 2 is 1.69 bits per heavy atom. The maximum atomic E-state index is 12.4. The van der Waals surface area contributed by atoms with E-state index in [0.717, 1.165) is 49.8 Å². The Morgan fingerprint density at radius 3 is 2.34 bits per heavy atom. The van der Waals surface area contributed by atoms with Crippen molar-refractivity contribution >= 4 is 23.2 Å². The number of rotatable bonds is 7. The molecule has 0 atom stereocenters. The van der Waals surface area contributed by atoms with Gasteiger partial charge in [0.25, 0.3) is 0 Å². The molecule has 1 amide bonds. The second kappa shape index (κ2) is 9.96. The zero-order valence-electron chi connectivity index (χ0n) is 17.2. The summed E-state index contributed by atoms with van der Waals surface area (Å²) in [6, 6.07) is 11.6. The Hall–Kier alpha value is -2.28. The average molecular weight is 418 g/mol. The number of carbonyl (C=O) groups excluding carboxylic acids is 1. The second-order valence-electron chi connectivity index (χ2n) is 7.27. The minimum Gasteiger partial charge on any atom is -0.493 e. The number of hydrogen-bond donors (Lipinski definition) is 1. The maximum Gasteiger partial charge on any atom is 0.238 e. The maximum absolute atomic E-state index is 12.4. The van der Waals surface area contributed by atoms with Crippen molar-refractivity contribution in [2.45, 2.75) is 13.5 Å². The fraction of sp³-hybridized carbons (Fsp3) is 0.409. The van der Waals surface area contributed by atoms with E-state index in [1.807, 2.05) is 37.3 Å². The van der Waals surface area contributed by atoms with Gasteiger partial charge < -0.3 is 14.8 Å². The molecule has 1 heterocycles. The van der Waals surface area contributed by atoms with Gasteiger partial charge in [0.05, 0.1) is 31.5 Å². The molecule has 29 heavy (non-hydrogen) atoms. The quantitative estimate of drug-likeness (QED) is 0.748. The van der Waals surface area contributed by atoms with Gasteiger partial charge in [0.1, 0.15) is 0 Å². The van der Waals surface area contributed by atoms with E-state index in [4.69, 9.17) is 21.1 Å². The smallest absolute Gasteiger partial charge is 0.238 e. The van der Waals surface area contributed by atoms with Crippen LogP contribution in [0.5, 0.6) is 11.5 Å². The molecule has 0 aliphatic carbocycles. The fourth-order valence-corrected chi connectivity index (χ4v) is 3.74. The highest BCUT2D eigenvalue weighted by molar-refractivity contribution is 6.33. The number of anilines is 1. The van der Waals surface area contributed by atoms with Crippen molar-refractivity contribution in [2.75, 3.05) is 52.3 Å². The molecule has 0 bridgehead atoms. The standard InChI is InChI=1S/C22H28ClN3O3/c1-16-4-6-19(18(23)12-16)24-22(27)15-26-10-8-25(9-11-26)14-17-5-7-20(28-2)21(13-17)29-3/h4-7,12-13H,8-11,14-15H2,1-3H3,(H,24,27). The lowest BCUT2D eigenvalue weighted by molar-refractivity contribution is -0.117.